The smallest absolute Gasteiger partial charge is 0.306 e. The van der Waals surface area contributed by atoms with Crippen molar-refractivity contribution in [1.29, 1.82) is 0 Å². The Kier molecular flexibility index (Phi) is 8.40. The third kappa shape index (κ3) is 7.09. The molecule has 0 bridgehead atoms. The number of hydrogen-bond acceptors (Lipinski definition) is 3. The summed E-state index contributed by atoms with van der Waals surface area (Å²) in [6, 6.07) is 20.0. The second kappa shape index (κ2) is 11.1. The van der Waals surface area contributed by atoms with Crippen LogP contribution >= 0.6 is 0 Å². The van der Waals surface area contributed by atoms with E-state index in [1.807, 2.05) is 60.4 Å². The van der Waals surface area contributed by atoms with Crippen LogP contribution in [0.25, 0.3) is 0 Å². The summed E-state index contributed by atoms with van der Waals surface area (Å²) >= 11 is 0. The molecule has 0 radical (unpaired) electrons. The van der Waals surface area contributed by atoms with Gasteiger partial charge in [0.15, 0.2) is 0 Å². The van der Waals surface area contributed by atoms with Crippen LogP contribution in [0.4, 0.5) is 0 Å². The van der Waals surface area contributed by atoms with Crippen LogP contribution in [0.15, 0.2) is 60.7 Å². The van der Waals surface area contributed by atoms with Gasteiger partial charge in [-0.1, -0.05) is 67.6 Å². The Morgan fingerprint density at radius 1 is 0.885 bits per heavy atom. The highest BCUT2D eigenvalue weighted by Gasteiger charge is 2.16. The molecule has 0 spiro atoms. The van der Waals surface area contributed by atoms with Crippen molar-refractivity contribution in [3.05, 3.63) is 71.8 Å². The molecule has 2 aromatic rings. The average molecular weight is 353 g/mol. The van der Waals surface area contributed by atoms with Crippen molar-refractivity contribution in [2.45, 2.75) is 39.2 Å². The fourth-order valence-corrected chi connectivity index (χ4v) is 2.66. The average Bonchev–Trinajstić information content (AvgIpc) is 2.69. The van der Waals surface area contributed by atoms with Crippen molar-refractivity contribution < 1.29 is 14.3 Å². The van der Waals surface area contributed by atoms with E-state index in [1.54, 1.807) is 0 Å². The molecular weight excluding hydrogens is 326 g/mol. The van der Waals surface area contributed by atoms with Crippen molar-refractivity contribution >= 4 is 11.9 Å². The molecule has 0 unspecified atom stereocenters. The highest BCUT2D eigenvalue weighted by atomic mass is 16.5. The Morgan fingerprint density at radius 2 is 1.50 bits per heavy atom. The molecule has 0 aliphatic rings. The van der Waals surface area contributed by atoms with Crippen molar-refractivity contribution in [3.8, 4) is 0 Å². The van der Waals surface area contributed by atoms with Crippen molar-refractivity contribution in [3.63, 3.8) is 0 Å². The molecule has 0 aliphatic carbocycles. The molecule has 0 aliphatic heterocycles. The summed E-state index contributed by atoms with van der Waals surface area (Å²) in [5.74, 6) is -0.318. The first-order chi connectivity index (χ1) is 12.7. The van der Waals surface area contributed by atoms with Gasteiger partial charge in [0.1, 0.15) is 0 Å². The van der Waals surface area contributed by atoms with Crippen LogP contribution in [0.1, 0.15) is 37.3 Å². The molecule has 0 aromatic heterocycles. The normalized spacial score (nSPS) is 10.3. The second-order valence-corrected chi connectivity index (χ2v) is 6.26. The lowest BCUT2D eigenvalue weighted by atomic mass is 10.1. The summed E-state index contributed by atoms with van der Waals surface area (Å²) in [6.45, 7) is 3.54. The number of hydrogen-bond donors (Lipinski definition) is 0. The monoisotopic (exact) mass is 353 g/mol. The number of amides is 1. The SMILES string of the molecule is CCCOC(=O)CCC(=O)N(CCc1ccccc1)Cc1ccccc1. The molecule has 4 heteroatoms. The first-order valence-electron chi connectivity index (χ1n) is 9.20. The van der Waals surface area contributed by atoms with Gasteiger partial charge in [-0.3, -0.25) is 9.59 Å². The Morgan fingerprint density at radius 3 is 2.12 bits per heavy atom. The largest absolute Gasteiger partial charge is 0.466 e. The van der Waals surface area contributed by atoms with Gasteiger partial charge in [-0.15, -0.1) is 0 Å². The zero-order valence-corrected chi connectivity index (χ0v) is 15.4. The first-order valence-corrected chi connectivity index (χ1v) is 9.20. The van der Waals surface area contributed by atoms with Crippen LogP contribution in [0.2, 0.25) is 0 Å². The van der Waals surface area contributed by atoms with E-state index in [-0.39, 0.29) is 24.7 Å². The van der Waals surface area contributed by atoms with Crippen molar-refractivity contribution in [2.24, 2.45) is 0 Å². The lowest BCUT2D eigenvalue weighted by Crippen LogP contribution is -2.32. The Labute approximate surface area is 155 Å². The van der Waals surface area contributed by atoms with E-state index in [2.05, 4.69) is 12.1 Å². The Bertz CT molecular complexity index is 670. The van der Waals surface area contributed by atoms with Gasteiger partial charge in [0, 0.05) is 19.5 Å². The molecule has 2 aromatic carbocycles. The molecule has 0 saturated carbocycles. The minimum absolute atomic E-state index is 0.0155. The molecule has 26 heavy (non-hydrogen) atoms. The van der Waals surface area contributed by atoms with E-state index < -0.39 is 0 Å². The van der Waals surface area contributed by atoms with Gasteiger partial charge in [0.25, 0.3) is 0 Å². The molecule has 1 amide bonds. The molecule has 2 rings (SSSR count). The fourth-order valence-electron chi connectivity index (χ4n) is 2.66. The van der Waals surface area contributed by atoms with E-state index >= 15 is 0 Å². The number of benzene rings is 2. The van der Waals surface area contributed by atoms with Gasteiger partial charge in [-0.2, -0.15) is 0 Å². The van der Waals surface area contributed by atoms with Crippen molar-refractivity contribution in [2.75, 3.05) is 13.2 Å². The first kappa shape index (κ1) is 19.7. The number of carbonyl (C=O) groups excluding carboxylic acids is 2. The molecule has 0 fully saturated rings. The summed E-state index contributed by atoms with van der Waals surface area (Å²) in [5, 5.41) is 0. The molecule has 0 N–H and O–H groups in total. The zero-order chi connectivity index (χ0) is 18.6. The predicted octanol–water partition coefficient (Wildman–Crippen LogP) is 3.99. The van der Waals surface area contributed by atoms with Gasteiger partial charge >= 0.3 is 5.97 Å². The van der Waals surface area contributed by atoms with Crippen molar-refractivity contribution in [1.82, 2.24) is 4.90 Å². The topological polar surface area (TPSA) is 46.6 Å². The van der Waals surface area contributed by atoms with Crippen LogP contribution in [0, 0.1) is 0 Å². The highest BCUT2D eigenvalue weighted by Crippen LogP contribution is 2.10. The summed E-state index contributed by atoms with van der Waals surface area (Å²) in [6.07, 6.45) is 1.90. The quantitative estimate of drug-likeness (QED) is 0.607. The lowest BCUT2D eigenvalue weighted by molar-refractivity contribution is -0.146. The summed E-state index contributed by atoms with van der Waals surface area (Å²) in [5.41, 5.74) is 2.28. The van der Waals surface area contributed by atoms with Gasteiger partial charge in [-0.05, 0) is 24.0 Å². The fraction of sp³-hybridized carbons (Fsp3) is 0.364. The molecule has 0 saturated heterocycles. The second-order valence-electron chi connectivity index (χ2n) is 6.26. The van der Waals surface area contributed by atoms with Crippen LogP contribution in [-0.2, 0) is 27.3 Å². The van der Waals surface area contributed by atoms with Gasteiger partial charge in [0.2, 0.25) is 5.91 Å². The molecule has 0 atom stereocenters. The number of nitrogens with zero attached hydrogens (tertiary/aromatic N) is 1. The van der Waals surface area contributed by atoms with Crippen LogP contribution in [-0.4, -0.2) is 29.9 Å². The summed E-state index contributed by atoms with van der Waals surface area (Å²) < 4.78 is 5.06. The van der Waals surface area contributed by atoms with Gasteiger partial charge in [0.05, 0.1) is 13.0 Å². The molecule has 138 valence electrons. The standard InChI is InChI=1S/C22H27NO3/c1-2-17-26-22(25)14-13-21(24)23(18-20-11-7-4-8-12-20)16-15-19-9-5-3-6-10-19/h3-12H,2,13-18H2,1H3. The van der Waals surface area contributed by atoms with Crippen LogP contribution in [0.5, 0.6) is 0 Å². The Balaban J connectivity index is 1.94. The van der Waals surface area contributed by atoms with Gasteiger partial charge in [-0.25, -0.2) is 0 Å². The molecule has 4 nitrogen and oxygen atoms in total. The van der Waals surface area contributed by atoms with E-state index in [0.717, 1.165) is 18.4 Å². The number of ether oxygens (including phenoxy) is 1. The third-order valence-corrected chi connectivity index (χ3v) is 4.09. The maximum Gasteiger partial charge on any atom is 0.306 e. The summed E-state index contributed by atoms with van der Waals surface area (Å²) in [4.78, 5) is 26.2. The lowest BCUT2D eigenvalue weighted by Gasteiger charge is -2.23. The third-order valence-electron chi connectivity index (χ3n) is 4.09. The highest BCUT2D eigenvalue weighted by molar-refractivity contribution is 5.81. The Hall–Kier alpha value is -2.62. The zero-order valence-electron chi connectivity index (χ0n) is 15.4. The predicted molar refractivity (Wildman–Crippen MR) is 102 cm³/mol. The molecule has 0 heterocycles. The minimum atomic E-state index is -0.303. The summed E-state index contributed by atoms with van der Waals surface area (Å²) in [7, 11) is 0. The number of rotatable bonds is 10. The van der Waals surface area contributed by atoms with E-state index in [0.29, 0.717) is 19.7 Å². The van der Waals surface area contributed by atoms with Crippen LogP contribution in [0.3, 0.4) is 0 Å². The van der Waals surface area contributed by atoms with Crippen LogP contribution < -0.4 is 0 Å². The number of carbonyl (C=O) groups is 2. The van der Waals surface area contributed by atoms with Gasteiger partial charge < -0.3 is 9.64 Å². The minimum Gasteiger partial charge on any atom is -0.466 e. The van der Waals surface area contributed by atoms with E-state index in [4.69, 9.17) is 4.74 Å². The van der Waals surface area contributed by atoms with E-state index in [9.17, 15) is 9.59 Å². The van der Waals surface area contributed by atoms with E-state index in [1.165, 1.54) is 5.56 Å². The molecular formula is C22H27NO3. The number of esters is 1. The maximum absolute atomic E-state index is 12.7. The maximum atomic E-state index is 12.7.